The van der Waals surface area contributed by atoms with E-state index < -0.39 is 0 Å². The average molecular weight is 397 g/mol. The number of amides is 1. The van der Waals surface area contributed by atoms with E-state index in [2.05, 4.69) is 27.2 Å². The van der Waals surface area contributed by atoms with Crippen LogP contribution >= 0.6 is 0 Å². The van der Waals surface area contributed by atoms with Gasteiger partial charge < -0.3 is 25.5 Å². The summed E-state index contributed by atoms with van der Waals surface area (Å²) in [7, 11) is 1.83. The van der Waals surface area contributed by atoms with E-state index in [0.29, 0.717) is 24.3 Å². The lowest BCUT2D eigenvalue weighted by Gasteiger charge is -2.38. The fourth-order valence-electron chi connectivity index (χ4n) is 4.85. The van der Waals surface area contributed by atoms with E-state index in [1.165, 1.54) is 0 Å². The zero-order chi connectivity index (χ0) is 20.1. The van der Waals surface area contributed by atoms with Gasteiger partial charge in [-0.15, -0.1) is 0 Å². The van der Waals surface area contributed by atoms with Crippen molar-refractivity contribution in [1.29, 1.82) is 0 Å². The molecule has 5 heterocycles. The predicted molar refractivity (Wildman–Crippen MR) is 110 cm³/mol. The number of rotatable bonds is 2. The van der Waals surface area contributed by atoms with Crippen molar-refractivity contribution in [3.8, 4) is 0 Å². The molecule has 1 amide bonds. The Kier molecular flexibility index (Phi) is 4.34. The van der Waals surface area contributed by atoms with Gasteiger partial charge in [-0.05, 0) is 12.8 Å². The zero-order valence-electron chi connectivity index (χ0n) is 16.6. The third-order valence-corrected chi connectivity index (χ3v) is 6.53. The molecule has 9 heteroatoms. The van der Waals surface area contributed by atoms with Gasteiger partial charge in [-0.1, -0.05) is 6.58 Å². The number of aliphatic hydroxyl groups is 1. The van der Waals surface area contributed by atoms with Crippen LogP contribution in [0.25, 0.3) is 5.65 Å². The summed E-state index contributed by atoms with van der Waals surface area (Å²) in [6.07, 6.45) is 3.51. The second-order valence-electron chi connectivity index (χ2n) is 8.33. The first-order valence-electron chi connectivity index (χ1n) is 10.2. The highest BCUT2D eigenvalue weighted by Crippen LogP contribution is 2.31. The molecule has 1 unspecified atom stereocenters. The van der Waals surface area contributed by atoms with Gasteiger partial charge in [-0.2, -0.15) is 9.61 Å². The lowest BCUT2D eigenvalue weighted by atomic mass is 9.94. The molecule has 3 atom stereocenters. The van der Waals surface area contributed by atoms with Gasteiger partial charge in [0.25, 0.3) is 5.91 Å². The average Bonchev–Trinajstić information content (AvgIpc) is 3.33. The molecule has 3 aliphatic heterocycles. The minimum Gasteiger partial charge on any atom is -0.396 e. The highest BCUT2D eigenvalue weighted by molar-refractivity contribution is 6.00. The van der Waals surface area contributed by atoms with Gasteiger partial charge >= 0.3 is 0 Å². The lowest BCUT2D eigenvalue weighted by Crippen LogP contribution is -2.44. The molecule has 0 spiro atoms. The van der Waals surface area contributed by atoms with Crippen molar-refractivity contribution in [3.63, 3.8) is 0 Å². The first kappa shape index (κ1) is 18.2. The third-order valence-electron chi connectivity index (χ3n) is 6.53. The number of aromatic nitrogens is 3. The summed E-state index contributed by atoms with van der Waals surface area (Å²) in [6, 6.07) is 2.17. The largest absolute Gasteiger partial charge is 0.396 e. The lowest BCUT2D eigenvalue weighted by molar-refractivity contribution is 0.0781. The summed E-state index contributed by atoms with van der Waals surface area (Å²) in [4.78, 5) is 22.2. The molecule has 3 N–H and O–H groups in total. The maximum Gasteiger partial charge on any atom is 0.259 e. The Morgan fingerprint density at radius 2 is 2.14 bits per heavy atom. The maximum atomic E-state index is 13.3. The quantitative estimate of drug-likeness (QED) is 0.691. The van der Waals surface area contributed by atoms with Crippen molar-refractivity contribution >= 4 is 23.2 Å². The number of carbonyl (C=O) groups is 1. The molecule has 29 heavy (non-hydrogen) atoms. The molecule has 2 aromatic heterocycles. The molecule has 9 nitrogen and oxygen atoms in total. The normalized spacial score (nSPS) is 26.9. The van der Waals surface area contributed by atoms with Crippen LogP contribution in [0.2, 0.25) is 0 Å². The van der Waals surface area contributed by atoms with E-state index in [0.717, 1.165) is 43.3 Å². The van der Waals surface area contributed by atoms with Crippen LogP contribution in [0.3, 0.4) is 0 Å². The standard InChI is InChI=1S/C20H27N7O2/c1-12-3-4-15-10-25(12)7-13-8-26(9-14(13)11-28)20(29)16-6-22-27-18(21-2)5-17(23-15)24-19(16)27/h5-6,13-15,21,28H,1,3-4,7-11H2,2H3,(H,23,24)/t13-,14-,15?/m0/s1. The molecule has 0 aliphatic carbocycles. The Balaban J connectivity index is 1.62. The number of carbonyl (C=O) groups excluding carboxylic acids is 1. The summed E-state index contributed by atoms with van der Waals surface area (Å²) in [5.41, 5.74) is 2.18. The monoisotopic (exact) mass is 397 g/mol. The number of anilines is 2. The Morgan fingerprint density at radius 3 is 2.93 bits per heavy atom. The van der Waals surface area contributed by atoms with Crippen LogP contribution in [0.1, 0.15) is 23.2 Å². The molecule has 0 aromatic carbocycles. The van der Waals surface area contributed by atoms with Gasteiger partial charge in [-0.25, -0.2) is 4.98 Å². The van der Waals surface area contributed by atoms with Gasteiger partial charge in [0, 0.05) is 69.5 Å². The van der Waals surface area contributed by atoms with Crippen molar-refractivity contribution in [3.05, 3.63) is 30.1 Å². The Bertz CT molecular complexity index is 971. The minimum absolute atomic E-state index is 0.0706. The number of fused-ring (bicyclic) bond motifs is 5. The second-order valence-corrected chi connectivity index (χ2v) is 8.33. The van der Waals surface area contributed by atoms with Crippen molar-refractivity contribution < 1.29 is 9.90 Å². The molecule has 5 rings (SSSR count). The molecule has 2 aromatic rings. The number of allylic oxidation sites excluding steroid dienone is 1. The number of hydrogen-bond donors (Lipinski definition) is 3. The first-order valence-corrected chi connectivity index (χ1v) is 10.2. The molecule has 6 bridgehead atoms. The smallest absolute Gasteiger partial charge is 0.259 e. The van der Waals surface area contributed by atoms with Crippen molar-refractivity contribution in [2.75, 3.05) is 50.5 Å². The molecule has 3 aliphatic rings. The van der Waals surface area contributed by atoms with E-state index in [9.17, 15) is 9.90 Å². The molecule has 154 valence electrons. The number of hydrogen-bond acceptors (Lipinski definition) is 7. The summed E-state index contributed by atoms with van der Waals surface area (Å²) in [6.45, 7) is 7.17. The number of piperidine rings is 1. The van der Waals surface area contributed by atoms with E-state index >= 15 is 0 Å². The first-order chi connectivity index (χ1) is 14.1. The highest BCUT2D eigenvalue weighted by atomic mass is 16.3. The Hall–Kier alpha value is -2.81. The van der Waals surface area contributed by atoms with Crippen LogP contribution in [-0.2, 0) is 0 Å². The maximum absolute atomic E-state index is 13.3. The van der Waals surface area contributed by atoms with Gasteiger partial charge in [0.15, 0.2) is 5.65 Å². The molecule has 0 saturated carbocycles. The summed E-state index contributed by atoms with van der Waals surface area (Å²) in [5.74, 6) is 1.72. The highest BCUT2D eigenvalue weighted by Gasteiger charge is 2.38. The van der Waals surface area contributed by atoms with Crippen LogP contribution in [-0.4, -0.2) is 81.3 Å². The minimum atomic E-state index is -0.0799. The Morgan fingerprint density at radius 1 is 1.31 bits per heavy atom. The Labute approximate surface area is 169 Å². The third kappa shape index (κ3) is 3.00. The van der Waals surface area contributed by atoms with E-state index in [1.54, 1.807) is 10.7 Å². The zero-order valence-corrected chi connectivity index (χ0v) is 16.6. The van der Waals surface area contributed by atoms with Crippen LogP contribution in [0.5, 0.6) is 0 Å². The van der Waals surface area contributed by atoms with Crippen LogP contribution in [0.4, 0.5) is 11.6 Å². The fraction of sp³-hybridized carbons (Fsp3) is 0.550. The van der Waals surface area contributed by atoms with Gasteiger partial charge in [0.05, 0.1) is 6.20 Å². The molecular weight excluding hydrogens is 370 g/mol. The van der Waals surface area contributed by atoms with Crippen molar-refractivity contribution in [2.45, 2.75) is 18.9 Å². The second kappa shape index (κ2) is 6.91. The van der Waals surface area contributed by atoms with E-state index in [4.69, 9.17) is 4.98 Å². The topological polar surface area (TPSA) is 98.0 Å². The van der Waals surface area contributed by atoms with Gasteiger partial charge in [-0.3, -0.25) is 4.79 Å². The van der Waals surface area contributed by atoms with Crippen LogP contribution < -0.4 is 10.6 Å². The number of nitrogens with one attached hydrogen (secondary N) is 2. The van der Waals surface area contributed by atoms with Crippen LogP contribution in [0.15, 0.2) is 24.5 Å². The predicted octanol–water partition coefficient (Wildman–Crippen LogP) is 0.855. The summed E-state index contributed by atoms with van der Waals surface area (Å²) in [5, 5.41) is 21.0. The van der Waals surface area contributed by atoms with Gasteiger partial charge in [0.2, 0.25) is 0 Å². The molecule has 0 radical (unpaired) electrons. The summed E-state index contributed by atoms with van der Waals surface area (Å²) >= 11 is 0. The van der Waals surface area contributed by atoms with Crippen molar-refractivity contribution in [1.82, 2.24) is 24.4 Å². The van der Waals surface area contributed by atoms with E-state index in [-0.39, 0.29) is 30.4 Å². The molecular formula is C20H27N7O2. The number of aliphatic hydroxyl groups excluding tert-OH is 1. The van der Waals surface area contributed by atoms with E-state index in [1.807, 2.05) is 18.0 Å². The fourth-order valence-corrected chi connectivity index (χ4v) is 4.85. The number of nitrogens with zero attached hydrogens (tertiary/aromatic N) is 5. The summed E-state index contributed by atoms with van der Waals surface area (Å²) < 4.78 is 1.67. The van der Waals surface area contributed by atoms with Crippen LogP contribution in [0, 0.1) is 11.8 Å². The SMILES string of the molecule is C=C1CCC2CN1C[C@H]1CN(C[C@H]1CO)C(=O)c1cnn3c(NC)cc(nc13)N2. The molecule has 2 saturated heterocycles. The van der Waals surface area contributed by atoms with Crippen molar-refractivity contribution in [2.24, 2.45) is 11.8 Å². The molecule has 2 fully saturated rings. The van der Waals surface area contributed by atoms with Gasteiger partial charge in [0.1, 0.15) is 17.2 Å².